The van der Waals surface area contributed by atoms with E-state index in [2.05, 4.69) is 100 Å². The average molecular weight is 480 g/mol. The van der Waals surface area contributed by atoms with Gasteiger partial charge >= 0.3 is 0 Å². The molecule has 1 atom stereocenters. The highest BCUT2D eigenvalue weighted by atomic mass is 16.2. The van der Waals surface area contributed by atoms with Crippen LogP contribution in [-0.2, 0) is 6.54 Å². The number of carbonyl (C=O) groups is 1. The van der Waals surface area contributed by atoms with Crippen LogP contribution in [0.3, 0.4) is 0 Å². The maximum atomic E-state index is 13.9. The van der Waals surface area contributed by atoms with E-state index in [1.54, 1.807) is 0 Å². The third kappa shape index (κ3) is 5.10. The summed E-state index contributed by atoms with van der Waals surface area (Å²) >= 11 is 0. The van der Waals surface area contributed by atoms with Crippen LogP contribution in [0.25, 0.3) is 10.9 Å². The Morgan fingerprint density at radius 3 is 2.19 bits per heavy atom. The first-order valence-corrected chi connectivity index (χ1v) is 13.4. The molecule has 1 fully saturated rings. The summed E-state index contributed by atoms with van der Waals surface area (Å²) in [7, 11) is 0. The highest BCUT2D eigenvalue weighted by Crippen LogP contribution is 2.40. The fourth-order valence-corrected chi connectivity index (χ4v) is 5.75. The summed E-state index contributed by atoms with van der Waals surface area (Å²) in [5, 5.41) is 7.87. The van der Waals surface area contributed by atoms with E-state index < -0.39 is 0 Å². The molecule has 3 aromatic carbocycles. The minimum atomic E-state index is -0.0366. The van der Waals surface area contributed by atoms with Crippen molar-refractivity contribution in [2.24, 2.45) is 5.92 Å². The monoisotopic (exact) mass is 479 g/mol. The lowest BCUT2D eigenvalue weighted by Crippen LogP contribution is -2.33. The molecule has 186 valence electrons. The second-order valence-corrected chi connectivity index (χ2v) is 10.3. The van der Waals surface area contributed by atoms with E-state index >= 15 is 0 Å². The van der Waals surface area contributed by atoms with Crippen molar-refractivity contribution in [3.05, 3.63) is 107 Å². The van der Waals surface area contributed by atoms with Crippen LogP contribution in [0.2, 0.25) is 0 Å². The first kappa shape index (κ1) is 24.3. The van der Waals surface area contributed by atoms with E-state index in [9.17, 15) is 4.79 Å². The summed E-state index contributed by atoms with van der Waals surface area (Å²) in [4.78, 5) is 13.9. The molecule has 1 amide bonds. The van der Waals surface area contributed by atoms with Gasteiger partial charge in [0.05, 0.1) is 0 Å². The van der Waals surface area contributed by atoms with E-state index in [1.807, 2.05) is 13.8 Å². The number of amides is 1. The predicted octanol–water partition coefficient (Wildman–Crippen LogP) is 6.35. The molecule has 1 aliphatic rings. The molecule has 0 spiro atoms. The minimum Gasteiger partial charge on any atom is -0.349 e. The molecule has 0 radical (unpaired) electrons. The van der Waals surface area contributed by atoms with Crippen molar-refractivity contribution in [1.82, 2.24) is 15.2 Å². The molecule has 0 saturated carbocycles. The second-order valence-electron chi connectivity index (χ2n) is 10.3. The smallest absolute Gasteiger partial charge is 0.268 e. The van der Waals surface area contributed by atoms with Gasteiger partial charge in [-0.15, -0.1) is 0 Å². The first-order valence-electron chi connectivity index (χ1n) is 13.4. The number of aryl methyl sites for hydroxylation is 1. The number of para-hydroxylation sites is 1. The van der Waals surface area contributed by atoms with Gasteiger partial charge in [-0.05, 0) is 69.3 Å². The molecule has 2 N–H and O–H groups in total. The fourth-order valence-electron chi connectivity index (χ4n) is 5.75. The van der Waals surface area contributed by atoms with Gasteiger partial charge in [-0.25, -0.2) is 0 Å². The highest BCUT2D eigenvalue weighted by molar-refractivity contribution is 6.03. The normalized spacial score (nSPS) is 15.7. The van der Waals surface area contributed by atoms with Gasteiger partial charge in [-0.2, -0.15) is 0 Å². The molecule has 4 nitrogen and oxygen atoms in total. The van der Waals surface area contributed by atoms with E-state index in [1.165, 1.54) is 24.0 Å². The van der Waals surface area contributed by atoms with Crippen LogP contribution < -0.4 is 10.6 Å². The molecule has 0 aliphatic carbocycles. The molecular formula is C32H37N3O. The zero-order valence-electron chi connectivity index (χ0n) is 21.4. The van der Waals surface area contributed by atoms with Crippen LogP contribution in [0.1, 0.15) is 66.2 Å². The molecule has 0 bridgehead atoms. The lowest BCUT2D eigenvalue weighted by Gasteiger charge is -2.21. The van der Waals surface area contributed by atoms with Crippen molar-refractivity contribution in [3.8, 4) is 0 Å². The Morgan fingerprint density at radius 2 is 1.58 bits per heavy atom. The van der Waals surface area contributed by atoms with Gasteiger partial charge in [0.25, 0.3) is 5.91 Å². The fraction of sp³-hybridized carbons (Fsp3) is 0.344. The quantitative estimate of drug-likeness (QED) is 0.294. The summed E-state index contributed by atoms with van der Waals surface area (Å²) in [5.74, 6) is 0.710. The number of hydrogen-bond donors (Lipinski definition) is 2. The second kappa shape index (κ2) is 11.1. The third-order valence-electron chi connectivity index (χ3n) is 7.36. The standard InChI is InChI=1S/C32H37N3O/c1-23(2)34-32(36)31-30(29(25-13-5-3-6-14-25)26-15-7-4-8-16-26)27-17-9-10-18-28(27)35(31)21-11-12-24-19-20-33-22-24/h3-10,13-18,23-24,29,33H,11-12,19-22H2,1-2H3,(H,34,36). The van der Waals surface area contributed by atoms with Crippen LogP contribution in [0.5, 0.6) is 0 Å². The van der Waals surface area contributed by atoms with Crippen molar-refractivity contribution in [1.29, 1.82) is 0 Å². The van der Waals surface area contributed by atoms with Gasteiger partial charge < -0.3 is 15.2 Å². The van der Waals surface area contributed by atoms with Crippen LogP contribution in [0, 0.1) is 5.92 Å². The zero-order chi connectivity index (χ0) is 24.9. The van der Waals surface area contributed by atoms with Crippen molar-refractivity contribution in [2.45, 2.75) is 51.6 Å². The molecule has 36 heavy (non-hydrogen) atoms. The van der Waals surface area contributed by atoms with Gasteiger partial charge in [-0.1, -0.05) is 78.9 Å². The summed E-state index contributed by atoms with van der Waals surface area (Å²) in [6.07, 6.45) is 3.50. The van der Waals surface area contributed by atoms with Gasteiger partial charge in [0.2, 0.25) is 0 Å². The van der Waals surface area contributed by atoms with Crippen molar-refractivity contribution in [2.75, 3.05) is 13.1 Å². The molecule has 4 aromatic rings. The largest absolute Gasteiger partial charge is 0.349 e. The summed E-state index contributed by atoms with van der Waals surface area (Å²) < 4.78 is 2.30. The number of aromatic nitrogens is 1. The number of rotatable bonds is 9. The maximum absolute atomic E-state index is 13.9. The number of nitrogens with one attached hydrogen (secondary N) is 2. The lowest BCUT2D eigenvalue weighted by atomic mass is 9.83. The molecule has 1 saturated heterocycles. The minimum absolute atomic E-state index is 0.00981. The Bertz CT molecular complexity index is 1250. The summed E-state index contributed by atoms with van der Waals surface area (Å²) in [6.45, 7) is 7.14. The first-order chi connectivity index (χ1) is 17.6. The van der Waals surface area contributed by atoms with Gasteiger partial charge in [0, 0.05) is 35.0 Å². The lowest BCUT2D eigenvalue weighted by molar-refractivity contribution is 0.0932. The van der Waals surface area contributed by atoms with Crippen LogP contribution in [0.4, 0.5) is 0 Å². The molecule has 2 heterocycles. The highest BCUT2D eigenvalue weighted by Gasteiger charge is 2.30. The molecule has 1 aromatic heterocycles. The molecule has 5 rings (SSSR count). The number of fused-ring (bicyclic) bond motifs is 1. The number of carbonyl (C=O) groups excluding carboxylic acids is 1. The molecule has 1 aliphatic heterocycles. The summed E-state index contributed by atoms with van der Waals surface area (Å²) in [6, 6.07) is 29.8. The van der Waals surface area contributed by atoms with Gasteiger partial charge in [-0.3, -0.25) is 4.79 Å². The Morgan fingerprint density at radius 1 is 0.944 bits per heavy atom. The van der Waals surface area contributed by atoms with Gasteiger partial charge in [0.15, 0.2) is 0 Å². The Kier molecular flexibility index (Phi) is 7.52. The summed E-state index contributed by atoms with van der Waals surface area (Å²) in [5.41, 5.74) is 5.43. The van der Waals surface area contributed by atoms with Crippen LogP contribution in [-0.4, -0.2) is 29.6 Å². The Hall–Kier alpha value is -3.37. The Balaban J connectivity index is 1.69. The number of nitrogens with zero attached hydrogens (tertiary/aromatic N) is 1. The molecule has 4 heteroatoms. The number of benzene rings is 3. The third-order valence-corrected chi connectivity index (χ3v) is 7.36. The maximum Gasteiger partial charge on any atom is 0.268 e. The van der Waals surface area contributed by atoms with Crippen molar-refractivity contribution >= 4 is 16.8 Å². The molecule has 1 unspecified atom stereocenters. The van der Waals surface area contributed by atoms with Crippen LogP contribution in [0.15, 0.2) is 84.9 Å². The van der Waals surface area contributed by atoms with Gasteiger partial charge in [0.1, 0.15) is 5.69 Å². The average Bonchev–Trinajstić information content (AvgIpc) is 3.52. The van der Waals surface area contributed by atoms with E-state index in [0.29, 0.717) is 0 Å². The van der Waals surface area contributed by atoms with Crippen molar-refractivity contribution in [3.63, 3.8) is 0 Å². The van der Waals surface area contributed by atoms with E-state index in [0.717, 1.165) is 54.1 Å². The SMILES string of the molecule is CC(C)NC(=O)c1c(C(c2ccccc2)c2ccccc2)c2ccccc2n1CCCC1CCNC1. The van der Waals surface area contributed by atoms with E-state index in [4.69, 9.17) is 0 Å². The zero-order valence-corrected chi connectivity index (χ0v) is 21.4. The molecular weight excluding hydrogens is 442 g/mol. The predicted molar refractivity (Wildman–Crippen MR) is 149 cm³/mol. The van der Waals surface area contributed by atoms with Crippen molar-refractivity contribution < 1.29 is 4.79 Å². The Labute approximate surface area is 214 Å². The van der Waals surface area contributed by atoms with E-state index in [-0.39, 0.29) is 17.9 Å². The van der Waals surface area contributed by atoms with Crippen LogP contribution >= 0.6 is 0 Å². The topological polar surface area (TPSA) is 46.1 Å². The number of hydrogen-bond acceptors (Lipinski definition) is 2.